The number of rotatable bonds is 4. The molecule has 0 spiro atoms. The standard InChI is InChI=1S/C14H11F4NOS/c15-9-1-3-10(4-2-9)21-8-13(20)11-7-19-6-5-12(11)14(16,17)18/h1-7,13,20H,8H2. The van der Waals surface area contributed by atoms with Crippen molar-refractivity contribution in [2.24, 2.45) is 0 Å². The molecule has 0 amide bonds. The lowest BCUT2D eigenvalue weighted by Gasteiger charge is -2.16. The van der Waals surface area contributed by atoms with Crippen LogP contribution in [0.3, 0.4) is 0 Å². The second-order valence-corrected chi connectivity index (χ2v) is 5.33. The van der Waals surface area contributed by atoms with E-state index in [1.54, 1.807) is 0 Å². The SMILES string of the molecule is OC(CSc1ccc(F)cc1)c1cnccc1C(F)(F)F. The molecule has 0 aliphatic carbocycles. The van der Waals surface area contributed by atoms with E-state index in [4.69, 9.17) is 0 Å². The van der Waals surface area contributed by atoms with E-state index in [1.165, 1.54) is 24.3 Å². The van der Waals surface area contributed by atoms with Gasteiger partial charge in [0.2, 0.25) is 0 Å². The Morgan fingerprint density at radius 3 is 2.43 bits per heavy atom. The summed E-state index contributed by atoms with van der Waals surface area (Å²) < 4.78 is 51.2. The summed E-state index contributed by atoms with van der Waals surface area (Å²) in [5.74, 6) is -0.382. The summed E-state index contributed by atoms with van der Waals surface area (Å²) in [6.45, 7) is 0. The van der Waals surface area contributed by atoms with Gasteiger partial charge in [-0.1, -0.05) is 0 Å². The van der Waals surface area contributed by atoms with Crippen molar-refractivity contribution in [2.45, 2.75) is 17.2 Å². The maximum Gasteiger partial charge on any atom is 0.416 e. The van der Waals surface area contributed by atoms with Crippen LogP contribution in [0.4, 0.5) is 17.6 Å². The number of benzene rings is 1. The van der Waals surface area contributed by atoms with Crippen LogP contribution in [0.25, 0.3) is 0 Å². The average Bonchev–Trinajstić information content (AvgIpc) is 2.45. The largest absolute Gasteiger partial charge is 0.416 e. The van der Waals surface area contributed by atoms with Crippen molar-refractivity contribution < 1.29 is 22.7 Å². The Bertz CT molecular complexity index is 601. The molecular formula is C14H11F4NOS. The van der Waals surface area contributed by atoms with Gasteiger partial charge in [0.25, 0.3) is 0 Å². The zero-order chi connectivity index (χ0) is 15.5. The lowest BCUT2D eigenvalue weighted by Crippen LogP contribution is -2.13. The number of nitrogens with zero attached hydrogens (tertiary/aromatic N) is 1. The van der Waals surface area contributed by atoms with E-state index in [2.05, 4.69) is 4.98 Å². The monoisotopic (exact) mass is 317 g/mol. The lowest BCUT2D eigenvalue weighted by molar-refractivity contribution is -0.139. The van der Waals surface area contributed by atoms with Crippen molar-refractivity contribution in [3.8, 4) is 0 Å². The molecule has 0 fully saturated rings. The Kier molecular flexibility index (Phi) is 4.84. The van der Waals surface area contributed by atoms with Crippen molar-refractivity contribution in [1.29, 1.82) is 0 Å². The predicted octanol–water partition coefficient (Wildman–Crippen LogP) is 4.07. The lowest BCUT2D eigenvalue weighted by atomic mass is 10.1. The summed E-state index contributed by atoms with van der Waals surface area (Å²) in [6, 6.07) is 6.34. The van der Waals surface area contributed by atoms with Crippen LogP contribution in [0.15, 0.2) is 47.6 Å². The van der Waals surface area contributed by atoms with Crippen LogP contribution in [0.5, 0.6) is 0 Å². The molecule has 0 saturated heterocycles. The minimum Gasteiger partial charge on any atom is -0.387 e. The third-order valence-electron chi connectivity index (χ3n) is 2.74. The molecule has 21 heavy (non-hydrogen) atoms. The first-order chi connectivity index (χ1) is 9.88. The summed E-state index contributed by atoms with van der Waals surface area (Å²) >= 11 is 1.14. The van der Waals surface area contributed by atoms with E-state index in [0.717, 1.165) is 30.2 Å². The first-order valence-electron chi connectivity index (χ1n) is 5.95. The third-order valence-corrected chi connectivity index (χ3v) is 3.83. The molecule has 2 nitrogen and oxygen atoms in total. The molecule has 1 heterocycles. The van der Waals surface area contributed by atoms with Gasteiger partial charge in [-0.25, -0.2) is 4.39 Å². The topological polar surface area (TPSA) is 33.1 Å². The quantitative estimate of drug-likeness (QED) is 0.682. The average molecular weight is 317 g/mol. The van der Waals surface area contributed by atoms with Gasteiger partial charge in [0, 0.05) is 28.6 Å². The van der Waals surface area contributed by atoms with Crippen molar-refractivity contribution in [3.63, 3.8) is 0 Å². The summed E-state index contributed by atoms with van der Waals surface area (Å²) in [7, 11) is 0. The smallest absolute Gasteiger partial charge is 0.387 e. The molecule has 0 saturated carbocycles. The van der Waals surface area contributed by atoms with E-state index in [9.17, 15) is 22.7 Å². The zero-order valence-electron chi connectivity index (χ0n) is 10.6. The van der Waals surface area contributed by atoms with E-state index in [1.807, 2.05) is 0 Å². The van der Waals surface area contributed by atoms with Crippen LogP contribution in [0.2, 0.25) is 0 Å². The molecule has 2 aromatic rings. The highest BCUT2D eigenvalue weighted by atomic mass is 32.2. The molecular weight excluding hydrogens is 306 g/mol. The van der Waals surface area contributed by atoms with E-state index < -0.39 is 23.7 Å². The van der Waals surface area contributed by atoms with E-state index >= 15 is 0 Å². The highest BCUT2D eigenvalue weighted by Gasteiger charge is 2.34. The number of aliphatic hydroxyl groups excluding tert-OH is 1. The number of pyridine rings is 1. The second kappa shape index (κ2) is 6.44. The number of aromatic nitrogens is 1. The predicted molar refractivity (Wildman–Crippen MR) is 71.3 cm³/mol. The minimum atomic E-state index is -4.54. The molecule has 1 atom stereocenters. The number of aliphatic hydroxyl groups is 1. The molecule has 0 bridgehead atoms. The van der Waals surface area contributed by atoms with Gasteiger partial charge >= 0.3 is 6.18 Å². The van der Waals surface area contributed by atoms with Crippen molar-refractivity contribution in [3.05, 3.63) is 59.7 Å². The second-order valence-electron chi connectivity index (χ2n) is 4.24. The summed E-state index contributed by atoms with van der Waals surface area (Å²) in [6.07, 6.45) is -3.81. The van der Waals surface area contributed by atoms with E-state index in [-0.39, 0.29) is 11.3 Å². The Hall–Kier alpha value is -1.60. The van der Waals surface area contributed by atoms with Gasteiger partial charge < -0.3 is 5.11 Å². The fourth-order valence-corrected chi connectivity index (χ4v) is 2.58. The molecule has 0 radical (unpaired) electrons. The molecule has 112 valence electrons. The maximum absolute atomic E-state index is 12.8. The highest BCUT2D eigenvalue weighted by molar-refractivity contribution is 7.99. The number of halogens is 4. The van der Waals surface area contributed by atoms with Crippen LogP contribution in [-0.2, 0) is 6.18 Å². The molecule has 1 aromatic carbocycles. The highest BCUT2D eigenvalue weighted by Crippen LogP contribution is 2.35. The summed E-state index contributed by atoms with van der Waals surface area (Å²) in [4.78, 5) is 4.29. The van der Waals surface area contributed by atoms with Gasteiger partial charge in [-0.2, -0.15) is 13.2 Å². The van der Waals surface area contributed by atoms with Crippen LogP contribution in [0, 0.1) is 5.82 Å². The maximum atomic E-state index is 12.8. The third kappa shape index (κ3) is 4.18. The van der Waals surface area contributed by atoms with Gasteiger partial charge in [0.05, 0.1) is 11.7 Å². The molecule has 1 aromatic heterocycles. The Balaban J connectivity index is 2.10. The number of hydrogen-bond acceptors (Lipinski definition) is 3. The van der Waals surface area contributed by atoms with Gasteiger partial charge in [-0.05, 0) is 30.3 Å². The Morgan fingerprint density at radius 1 is 1.14 bits per heavy atom. The van der Waals surface area contributed by atoms with Crippen LogP contribution < -0.4 is 0 Å². The van der Waals surface area contributed by atoms with Crippen molar-refractivity contribution >= 4 is 11.8 Å². The summed E-state index contributed by atoms with van der Waals surface area (Å²) in [5, 5.41) is 9.95. The Labute approximate surface area is 122 Å². The fourth-order valence-electron chi connectivity index (χ4n) is 1.73. The normalized spacial score (nSPS) is 13.2. The molecule has 2 rings (SSSR count). The molecule has 1 unspecified atom stereocenters. The number of alkyl halides is 3. The zero-order valence-corrected chi connectivity index (χ0v) is 11.5. The molecule has 7 heteroatoms. The fraction of sp³-hybridized carbons (Fsp3) is 0.214. The molecule has 1 N–H and O–H groups in total. The molecule has 0 aliphatic heterocycles. The van der Waals surface area contributed by atoms with Crippen molar-refractivity contribution in [2.75, 3.05) is 5.75 Å². The van der Waals surface area contributed by atoms with Gasteiger partial charge in [0.1, 0.15) is 5.82 Å². The van der Waals surface area contributed by atoms with Crippen LogP contribution in [0.1, 0.15) is 17.2 Å². The minimum absolute atomic E-state index is 0.0143. The number of hydrogen-bond donors (Lipinski definition) is 1. The Morgan fingerprint density at radius 2 is 1.81 bits per heavy atom. The van der Waals surface area contributed by atoms with Gasteiger partial charge in [0.15, 0.2) is 0 Å². The van der Waals surface area contributed by atoms with Crippen LogP contribution in [-0.4, -0.2) is 15.8 Å². The van der Waals surface area contributed by atoms with Crippen molar-refractivity contribution in [1.82, 2.24) is 4.98 Å². The summed E-state index contributed by atoms with van der Waals surface area (Å²) in [5.41, 5.74) is -1.16. The number of thioether (sulfide) groups is 1. The molecule has 0 aliphatic rings. The van der Waals surface area contributed by atoms with Gasteiger partial charge in [-0.15, -0.1) is 11.8 Å². The van der Waals surface area contributed by atoms with Gasteiger partial charge in [-0.3, -0.25) is 4.98 Å². The van der Waals surface area contributed by atoms with Crippen LogP contribution >= 0.6 is 11.8 Å². The van der Waals surface area contributed by atoms with E-state index in [0.29, 0.717) is 4.90 Å². The first kappa shape index (κ1) is 15.8. The first-order valence-corrected chi connectivity index (χ1v) is 6.94.